The SMILES string of the molecule is Cc1nc(NCc2cnn(CC(O)C(F)(F)F)c2)cc2c1NC(=O)[C@H](C(C)C)N2C. The monoisotopic (exact) mass is 426 g/mol. The van der Waals surface area contributed by atoms with Crippen molar-refractivity contribution >= 4 is 23.1 Å². The molecule has 2 atom stereocenters. The van der Waals surface area contributed by atoms with Crippen LogP contribution in [0, 0.1) is 12.8 Å². The maximum Gasteiger partial charge on any atom is 0.416 e. The second kappa shape index (κ2) is 8.13. The van der Waals surface area contributed by atoms with E-state index in [0.717, 1.165) is 10.4 Å². The summed E-state index contributed by atoms with van der Waals surface area (Å²) in [6.07, 6.45) is -4.29. The number of fused-ring (bicyclic) bond motifs is 1. The molecule has 1 amide bonds. The van der Waals surface area contributed by atoms with Crippen molar-refractivity contribution in [1.82, 2.24) is 14.8 Å². The van der Waals surface area contributed by atoms with Gasteiger partial charge in [-0.15, -0.1) is 0 Å². The highest BCUT2D eigenvalue weighted by Gasteiger charge is 2.38. The lowest BCUT2D eigenvalue weighted by Gasteiger charge is -2.38. The minimum Gasteiger partial charge on any atom is -0.382 e. The topological polar surface area (TPSA) is 95.3 Å². The molecule has 0 spiro atoms. The first-order valence-electron chi connectivity index (χ1n) is 9.52. The lowest BCUT2D eigenvalue weighted by Crippen LogP contribution is -2.49. The molecule has 0 aromatic carbocycles. The van der Waals surface area contributed by atoms with Crippen molar-refractivity contribution in [3.8, 4) is 0 Å². The molecule has 1 aliphatic heterocycles. The molecule has 8 nitrogen and oxygen atoms in total. The Hall–Kier alpha value is -2.82. The van der Waals surface area contributed by atoms with Gasteiger partial charge in [0.15, 0.2) is 6.10 Å². The normalized spacial score (nSPS) is 17.7. The molecule has 0 bridgehead atoms. The molecular formula is C19H25F3N6O2. The first-order chi connectivity index (χ1) is 14.0. The van der Waals surface area contributed by atoms with Gasteiger partial charge in [-0.25, -0.2) is 4.98 Å². The fourth-order valence-electron chi connectivity index (χ4n) is 3.52. The molecule has 2 aromatic rings. The van der Waals surface area contributed by atoms with Gasteiger partial charge < -0.3 is 20.6 Å². The minimum atomic E-state index is -4.69. The predicted octanol–water partition coefficient (Wildman–Crippen LogP) is 2.53. The highest BCUT2D eigenvalue weighted by Crippen LogP contribution is 2.36. The fraction of sp³-hybridized carbons (Fsp3) is 0.526. The van der Waals surface area contributed by atoms with Gasteiger partial charge in [0.05, 0.1) is 29.8 Å². The second-order valence-corrected chi connectivity index (χ2v) is 7.76. The molecule has 1 aliphatic rings. The predicted molar refractivity (Wildman–Crippen MR) is 106 cm³/mol. The Morgan fingerprint density at radius 3 is 2.70 bits per heavy atom. The van der Waals surface area contributed by atoms with Crippen LogP contribution in [0.1, 0.15) is 25.1 Å². The van der Waals surface area contributed by atoms with Gasteiger partial charge in [0, 0.05) is 31.4 Å². The van der Waals surface area contributed by atoms with Crippen LogP contribution in [0.2, 0.25) is 0 Å². The van der Waals surface area contributed by atoms with Crippen LogP contribution in [0.15, 0.2) is 18.5 Å². The van der Waals surface area contributed by atoms with Crippen molar-refractivity contribution < 1.29 is 23.1 Å². The lowest BCUT2D eigenvalue weighted by atomic mass is 9.98. The van der Waals surface area contributed by atoms with Gasteiger partial charge in [-0.1, -0.05) is 13.8 Å². The van der Waals surface area contributed by atoms with Crippen LogP contribution >= 0.6 is 0 Å². The standard InChI is InChI=1S/C19H25F3N6O2/c1-10(2)17-18(30)26-16-11(3)25-15(5-13(16)27(17)4)23-6-12-7-24-28(8-12)9-14(29)19(20,21)22/h5,7-8,10,14,17,29H,6,9H2,1-4H3,(H,23,25)(H,26,30)/t14?,17-/m0/s1. The van der Waals surface area contributed by atoms with E-state index < -0.39 is 18.8 Å². The lowest BCUT2D eigenvalue weighted by molar-refractivity contribution is -0.208. The quantitative estimate of drug-likeness (QED) is 0.657. The van der Waals surface area contributed by atoms with Crippen molar-refractivity contribution in [3.05, 3.63) is 29.7 Å². The van der Waals surface area contributed by atoms with Crippen molar-refractivity contribution in [2.24, 2.45) is 5.92 Å². The van der Waals surface area contributed by atoms with Crippen LogP contribution in [0.4, 0.5) is 30.4 Å². The first kappa shape index (κ1) is 21.9. The number of carbonyl (C=O) groups is 1. The third kappa shape index (κ3) is 4.50. The van der Waals surface area contributed by atoms with E-state index in [0.29, 0.717) is 22.8 Å². The number of aryl methyl sites for hydroxylation is 1. The van der Waals surface area contributed by atoms with E-state index in [1.54, 1.807) is 6.92 Å². The molecular weight excluding hydrogens is 401 g/mol. The molecule has 0 radical (unpaired) electrons. The van der Waals surface area contributed by atoms with Crippen LogP contribution < -0.4 is 15.5 Å². The van der Waals surface area contributed by atoms with Gasteiger partial charge in [-0.05, 0) is 12.8 Å². The fourth-order valence-corrected chi connectivity index (χ4v) is 3.52. The zero-order chi connectivity index (χ0) is 22.2. The number of pyridine rings is 1. The summed E-state index contributed by atoms with van der Waals surface area (Å²) >= 11 is 0. The Bertz CT molecular complexity index is 927. The number of likely N-dealkylation sites (N-methyl/N-ethyl adjacent to an activating group) is 1. The van der Waals surface area contributed by atoms with E-state index in [4.69, 9.17) is 5.11 Å². The number of amides is 1. The van der Waals surface area contributed by atoms with Crippen molar-refractivity contribution in [1.29, 1.82) is 0 Å². The molecule has 3 N–H and O–H groups in total. The Morgan fingerprint density at radius 1 is 1.37 bits per heavy atom. The molecule has 0 fully saturated rings. The van der Waals surface area contributed by atoms with Crippen LogP contribution in [0.25, 0.3) is 0 Å². The number of aliphatic hydroxyl groups is 1. The zero-order valence-electron chi connectivity index (χ0n) is 17.2. The minimum absolute atomic E-state index is 0.0703. The molecule has 164 valence electrons. The molecule has 0 aliphatic carbocycles. The van der Waals surface area contributed by atoms with Crippen molar-refractivity contribution in [3.63, 3.8) is 0 Å². The number of carbonyl (C=O) groups excluding carboxylic acids is 1. The van der Waals surface area contributed by atoms with Gasteiger partial charge >= 0.3 is 6.18 Å². The zero-order valence-corrected chi connectivity index (χ0v) is 17.2. The van der Waals surface area contributed by atoms with Crippen LogP contribution in [0.5, 0.6) is 0 Å². The van der Waals surface area contributed by atoms with E-state index in [2.05, 4.69) is 20.7 Å². The maximum absolute atomic E-state index is 12.5. The number of aliphatic hydroxyl groups excluding tert-OH is 1. The Morgan fingerprint density at radius 2 is 2.07 bits per heavy atom. The van der Waals surface area contributed by atoms with Crippen molar-refractivity contribution in [2.45, 2.75) is 52.2 Å². The number of alkyl halides is 3. The van der Waals surface area contributed by atoms with Gasteiger partial charge in [-0.3, -0.25) is 9.48 Å². The van der Waals surface area contributed by atoms with Crippen LogP contribution in [-0.4, -0.2) is 51.1 Å². The van der Waals surface area contributed by atoms with Gasteiger partial charge in [-0.2, -0.15) is 18.3 Å². The Kier molecular flexibility index (Phi) is 5.93. The molecule has 1 unspecified atom stereocenters. The number of anilines is 3. The van der Waals surface area contributed by atoms with E-state index >= 15 is 0 Å². The molecule has 0 saturated heterocycles. The maximum atomic E-state index is 12.5. The summed E-state index contributed by atoms with van der Waals surface area (Å²) in [6.45, 7) is 5.38. The van der Waals surface area contributed by atoms with E-state index in [9.17, 15) is 18.0 Å². The summed E-state index contributed by atoms with van der Waals surface area (Å²) in [7, 11) is 1.86. The molecule has 30 heavy (non-hydrogen) atoms. The number of hydrogen-bond donors (Lipinski definition) is 3. The third-order valence-corrected chi connectivity index (χ3v) is 5.02. The number of nitrogens with one attached hydrogen (secondary N) is 2. The number of hydrogen-bond acceptors (Lipinski definition) is 6. The number of rotatable bonds is 6. The summed E-state index contributed by atoms with van der Waals surface area (Å²) in [4.78, 5) is 18.8. The Balaban J connectivity index is 1.72. The second-order valence-electron chi connectivity index (χ2n) is 7.76. The van der Waals surface area contributed by atoms with Crippen molar-refractivity contribution in [2.75, 3.05) is 22.6 Å². The Labute approximate surface area is 172 Å². The molecule has 0 saturated carbocycles. The molecule has 3 rings (SSSR count). The largest absolute Gasteiger partial charge is 0.416 e. The average Bonchev–Trinajstić information content (AvgIpc) is 3.07. The molecule has 3 heterocycles. The smallest absolute Gasteiger partial charge is 0.382 e. The number of nitrogens with zero attached hydrogens (tertiary/aromatic N) is 4. The summed E-state index contributed by atoms with van der Waals surface area (Å²) in [6, 6.07) is 1.53. The summed E-state index contributed by atoms with van der Waals surface area (Å²) < 4.78 is 38.5. The van der Waals surface area contributed by atoms with E-state index in [1.807, 2.05) is 31.9 Å². The summed E-state index contributed by atoms with van der Waals surface area (Å²) in [5, 5.41) is 19.1. The van der Waals surface area contributed by atoms with E-state index in [-0.39, 0.29) is 24.4 Å². The first-order valence-corrected chi connectivity index (χ1v) is 9.52. The number of aromatic nitrogens is 3. The van der Waals surface area contributed by atoms with Gasteiger partial charge in [0.2, 0.25) is 5.91 Å². The van der Waals surface area contributed by atoms with Gasteiger partial charge in [0.25, 0.3) is 0 Å². The highest BCUT2D eigenvalue weighted by molar-refractivity contribution is 6.04. The van der Waals surface area contributed by atoms with E-state index in [1.165, 1.54) is 12.4 Å². The van der Waals surface area contributed by atoms with Crippen LogP contribution in [-0.2, 0) is 17.9 Å². The summed E-state index contributed by atoms with van der Waals surface area (Å²) in [5.41, 5.74) is 2.80. The molecule has 2 aromatic heterocycles. The molecule has 11 heteroatoms. The van der Waals surface area contributed by atoms with Crippen LogP contribution in [0.3, 0.4) is 0 Å². The summed E-state index contributed by atoms with van der Waals surface area (Å²) in [5.74, 6) is 0.616. The van der Waals surface area contributed by atoms with Gasteiger partial charge in [0.1, 0.15) is 11.9 Å². The average molecular weight is 426 g/mol. The third-order valence-electron chi connectivity index (χ3n) is 5.02. The number of halogens is 3. The highest BCUT2D eigenvalue weighted by atomic mass is 19.4.